The number of carbonyl (C=O) groups is 1. The molecule has 0 aliphatic carbocycles. The molecule has 7 heteroatoms. The average Bonchev–Trinajstić information content (AvgIpc) is 2.68. The Bertz CT molecular complexity index is 302. The lowest BCUT2D eigenvalue weighted by Crippen LogP contribution is -2.48. The third-order valence-electron chi connectivity index (χ3n) is 2.96. The fraction of sp³-hybridized carbons (Fsp3) is 0.909. The van der Waals surface area contributed by atoms with Gasteiger partial charge in [0.2, 0.25) is 0 Å². The molecular weight excluding hydrogens is 242 g/mol. The van der Waals surface area contributed by atoms with E-state index in [4.69, 9.17) is 9.84 Å². The fourth-order valence-electron chi connectivity index (χ4n) is 1.77. The Balaban J connectivity index is 2.68. The molecule has 0 spiro atoms. The van der Waals surface area contributed by atoms with Crippen molar-refractivity contribution in [1.29, 1.82) is 0 Å². The van der Waals surface area contributed by atoms with E-state index in [9.17, 15) is 20.1 Å². The maximum absolute atomic E-state index is 11.6. The van der Waals surface area contributed by atoms with E-state index in [2.05, 4.69) is 0 Å². The van der Waals surface area contributed by atoms with Crippen LogP contribution in [0.25, 0.3) is 0 Å². The summed E-state index contributed by atoms with van der Waals surface area (Å²) >= 11 is 0. The van der Waals surface area contributed by atoms with Crippen LogP contribution in [0.2, 0.25) is 0 Å². The van der Waals surface area contributed by atoms with Crippen LogP contribution in [0, 0.1) is 0 Å². The summed E-state index contributed by atoms with van der Waals surface area (Å²) in [6, 6.07) is 0. The number of hydrogen-bond donors (Lipinski definition) is 4. The van der Waals surface area contributed by atoms with Gasteiger partial charge in [0.25, 0.3) is 0 Å². The summed E-state index contributed by atoms with van der Waals surface area (Å²) in [7, 11) is 0. The van der Waals surface area contributed by atoms with E-state index in [-0.39, 0.29) is 6.54 Å². The Labute approximate surface area is 106 Å². The van der Waals surface area contributed by atoms with Crippen LogP contribution in [0.5, 0.6) is 0 Å². The zero-order valence-corrected chi connectivity index (χ0v) is 10.8. The summed E-state index contributed by atoms with van der Waals surface area (Å²) in [5.41, 5.74) is -0.452. The number of cyclic esters (lactones) is 1. The van der Waals surface area contributed by atoms with Crippen LogP contribution in [0.3, 0.4) is 0 Å². The number of ether oxygens (including phenoxy) is 1. The highest BCUT2D eigenvalue weighted by Crippen LogP contribution is 2.24. The van der Waals surface area contributed by atoms with Gasteiger partial charge in [-0.1, -0.05) is 0 Å². The van der Waals surface area contributed by atoms with Gasteiger partial charge in [-0.25, -0.2) is 4.79 Å². The van der Waals surface area contributed by atoms with Crippen molar-refractivity contribution >= 4 is 6.09 Å². The van der Waals surface area contributed by atoms with E-state index in [1.807, 2.05) is 20.8 Å². The van der Waals surface area contributed by atoms with Gasteiger partial charge in [-0.15, -0.1) is 0 Å². The Morgan fingerprint density at radius 2 is 1.94 bits per heavy atom. The molecule has 0 aromatic carbocycles. The minimum Gasteiger partial charge on any atom is -0.441 e. The van der Waals surface area contributed by atoms with Crippen molar-refractivity contribution in [2.24, 2.45) is 0 Å². The molecule has 0 aromatic heterocycles. The molecule has 1 saturated heterocycles. The molecule has 4 N–H and O–H groups in total. The lowest BCUT2D eigenvalue weighted by molar-refractivity contribution is -0.108. The predicted octanol–water partition coefficient (Wildman–Crippen LogP) is -1.32. The minimum absolute atomic E-state index is 0.124. The van der Waals surface area contributed by atoms with E-state index >= 15 is 0 Å². The van der Waals surface area contributed by atoms with Gasteiger partial charge in [0.1, 0.15) is 24.4 Å². The highest BCUT2D eigenvalue weighted by Gasteiger charge is 2.44. The van der Waals surface area contributed by atoms with Gasteiger partial charge < -0.3 is 25.2 Å². The highest BCUT2D eigenvalue weighted by molar-refractivity contribution is 5.71. The zero-order valence-electron chi connectivity index (χ0n) is 10.8. The molecule has 0 saturated carbocycles. The van der Waals surface area contributed by atoms with Crippen molar-refractivity contribution < 1.29 is 30.0 Å². The first kappa shape index (κ1) is 15.2. The summed E-state index contributed by atoms with van der Waals surface area (Å²) in [6.45, 7) is 4.91. The van der Waals surface area contributed by atoms with E-state index in [1.165, 1.54) is 4.90 Å². The molecule has 1 heterocycles. The average molecular weight is 263 g/mol. The lowest BCUT2D eigenvalue weighted by Gasteiger charge is -2.30. The quantitative estimate of drug-likeness (QED) is 0.501. The molecule has 0 radical (unpaired) electrons. The van der Waals surface area contributed by atoms with Gasteiger partial charge in [0.15, 0.2) is 0 Å². The van der Waals surface area contributed by atoms with Crippen LogP contribution < -0.4 is 0 Å². The number of carbonyl (C=O) groups excluding carboxylic acids is 1. The number of hydrogen-bond acceptors (Lipinski definition) is 6. The maximum atomic E-state index is 11.6. The SMILES string of the molecule is CC(C)(C)N1CC(C(O)C(O)C(O)CO)OC1=O. The summed E-state index contributed by atoms with van der Waals surface area (Å²) < 4.78 is 4.96. The van der Waals surface area contributed by atoms with Crippen molar-refractivity contribution in [2.45, 2.75) is 50.7 Å². The van der Waals surface area contributed by atoms with Crippen molar-refractivity contribution in [3.63, 3.8) is 0 Å². The largest absolute Gasteiger partial charge is 0.441 e. The second kappa shape index (κ2) is 5.40. The van der Waals surface area contributed by atoms with Gasteiger partial charge in [-0.2, -0.15) is 0 Å². The van der Waals surface area contributed by atoms with Gasteiger partial charge >= 0.3 is 6.09 Å². The van der Waals surface area contributed by atoms with Gasteiger partial charge in [-0.3, -0.25) is 4.90 Å². The number of aliphatic hydroxyl groups excluding tert-OH is 4. The Hall–Kier alpha value is -0.890. The second-order valence-corrected chi connectivity index (χ2v) is 5.43. The van der Waals surface area contributed by atoms with Crippen LogP contribution in [0.1, 0.15) is 20.8 Å². The van der Waals surface area contributed by atoms with E-state index in [0.29, 0.717) is 0 Å². The van der Waals surface area contributed by atoms with Crippen LogP contribution >= 0.6 is 0 Å². The number of nitrogens with zero attached hydrogens (tertiary/aromatic N) is 1. The summed E-state index contributed by atoms with van der Waals surface area (Å²) in [6.07, 6.45) is -5.97. The van der Waals surface area contributed by atoms with Crippen LogP contribution in [-0.2, 0) is 4.74 Å². The first-order valence-electron chi connectivity index (χ1n) is 5.81. The molecule has 106 valence electrons. The standard InChI is InChI=1S/C11H21NO6/c1-11(2,3)12-4-7(18-10(12)17)9(16)8(15)6(14)5-13/h6-9,13-16H,4-5H2,1-3H3. The predicted molar refractivity (Wildman–Crippen MR) is 61.8 cm³/mol. The van der Waals surface area contributed by atoms with Gasteiger partial charge in [0.05, 0.1) is 13.2 Å². The molecular formula is C11H21NO6. The fourth-order valence-corrected chi connectivity index (χ4v) is 1.77. The molecule has 1 rings (SSSR count). The molecule has 1 aliphatic rings. The molecule has 1 fully saturated rings. The molecule has 18 heavy (non-hydrogen) atoms. The third kappa shape index (κ3) is 3.11. The molecule has 4 unspecified atom stereocenters. The van der Waals surface area contributed by atoms with Crippen molar-refractivity contribution in [2.75, 3.05) is 13.2 Å². The van der Waals surface area contributed by atoms with Crippen molar-refractivity contribution in [1.82, 2.24) is 4.90 Å². The number of rotatable bonds is 4. The van der Waals surface area contributed by atoms with E-state index < -0.39 is 42.7 Å². The Morgan fingerprint density at radius 3 is 2.33 bits per heavy atom. The Kier molecular flexibility index (Phi) is 4.55. The van der Waals surface area contributed by atoms with Crippen molar-refractivity contribution in [3.8, 4) is 0 Å². The normalized spacial score (nSPS) is 25.8. The van der Waals surface area contributed by atoms with E-state index in [0.717, 1.165) is 0 Å². The first-order valence-corrected chi connectivity index (χ1v) is 5.81. The molecule has 1 aliphatic heterocycles. The van der Waals surface area contributed by atoms with Crippen LogP contribution in [0.15, 0.2) is 0 Å². The second-order valence-electron chi connectivity index (χ2n) is 5.43. The molecule has 4 atom stereocenters. The van der Waals surface area contributed by atoms with Gasteiger partial charge in [-0.05, 0) is 20.8 Å². The Morgan fingerprint density at radius 1 is 1.39 bits per heavy atom. The van der Waals surface area contributed by atoms with Crippen LogP contribution in [0.4, 0.5) is 4.79 Å². The molecule has 7 nitrogen and oxygen atoms in total. The van der Waals surface area contributed by atoms with Crippen LogP contribution in [-0.4, -0.2) is 74.5 Å². The molecule has 0 bridgehead atoms. The number of amides is 1. The third-order valence-corrected chi connectivity index (χ3v) is 2.96. The van der Waals surface area contributed by atoms with E-state index in [1.54, 1.807) is 0 Å². The first-order chi connectivity index (χ1) is 8.18. The maximum Gasteiger partial charge on any atom is 0.410 e. The summed E-state index contributed by atoms with van der Waals surface area (Å²) in [5.74, 6) is 0. The van der Waals surface area contributed by atoms with Crippen molar-refractivity contribution in [3.05, 3.63) is 0 Å². The summed E-state index contributed by atoms with van der Waals surface area (Å²) in [5, 5.41) is 37.3. The highest BCUT2D eigenvalue weighted by atomic mass is 16.6. The topological polar surface area (TPSA) is 110 Å². The lowest BCUT2D eigenvalue weighted by atomic mass is 10.0. The minimum atomic E-state index is -1.56. The smallest absolute Gasteiger partial charge is 0.410 e. The number of aliphatic hydroxyl groups is 4. The monoisotopic (exact) mass is 263 g/mol. The molecule has 1 amide bonds. The summed E-state index contributed by atoms with van der Waals surface area (Å²) in [4.78, 5) is 13.0. The molecule has 0 aromatic rings. The zero-order chi connectivity index (χ0) is 14.1. The van der Waals surface area contributed by atoms with Gasteiger partial charge in [0, 0.05) is 5.54 Å².